The molecule has 0 radical (unpaired) electrons. The first-order valence-electron chi connectivity index (χ1n) is 11.9. The lowest BCUT2D eigenvalue weighted by Crippen LogP contribution is -2.41. The molecule has 212 valence electrons. The van der Waals surface area contributed by atoms with Gasteiger partial charge in [-0.3, -0.25) is 19.4 Å². The van der Waals surface area contributed by atoms with E-state index in [1.807, 2.05) is 0 Å². The van der Waals surface area contributed by atoms with Gasteiger partial charge in [-0.15, -0.1) is 5.48 Å². The van der Waals surface area contributed by atoms with Gasteiger partial charge in [0.15, 0.2) is 0 Å². The SMILES string of the molecule is Cc1ncc(-c2cccc(NC(=O)CN3CNC(NC=O)=C3C(=O)N(C)CC3=NC(C)NO3)n2)cc1C(F)(F)F. The number of likely N-dealkylation sites (N-methyl/N-ethyl adjacent to an activating group) is 1. The zero-order chi connectivity index (χ0) is 29.0. The van der Waals surface area contributed by atoms with Crippen molar-refractivity contribution in [3.63, 3.8) is 0 Å². The van der Waals surface area contributed by atoms with Crippen molar-refractivity contribution in [3.8, 4) is 11.3 Å². The summed E-state index contributed by atoms with van der Waals surface area (Å²) in [7, 11) is 1.51. The van der Waals surface area contributed by atoms with Crippen LogP contribution in [0.4, 0.5) is 19.0 Å². The van der Waals surface area contributed by atoms with E-state index in [0.29, 0.717) is 12.3 Å². The highest BCUT2D eigenvalue weighted by Gasteiger charge is 2.34. The Labute approximate surface area is 226 Å². The number of nitrogens with one attached hydrogen (secondary N) is 4. The molecule has 0 aromatic carbocycles. The van der Waals surface area contributed by atoms with Crippen molar-refractivity contribution in [2.24, 2.45) is 4.99 Å². The van der Waals surface area contributed by atoms with Crippen molar-refractivity contribution in [2.45, 2.75) is 26.2 Å². The van der Waals surface area contributed by atoms with E-state index in [2.05, 4.69) is 36.4 Å². The lowest BCUT2D eigenvalue weighted by atomic mass is 10.1. The van der Waals surface area contributed by atoms with Gasteiger partial charge in [0.2, 0.25) is 18.2 Å². The second kappa shape index (κ2) is 11.6. The van der Waals surface area contributed by atoms with Crippen molar-refractivity contribution in [3.05, 3.63) is 53.2 Å². The van der Waals surface area contributed by atoms with E-state index in [9.17, 15) is 27.6 Å². The molecule has 2 aliphatic rings. The number of alkyl halides is 3. The number of pyridine rings is 2. The van der Waals surface area contributed by atoms with Crippen LogP contribution in [0.3, 0.4) is 0 Å². The van der Waals surface area contributed by atoms with E-state index in [1.54, 1.807) is 6.92 Å². The quantitative estimate of drug-likeness (QED) is 0.328. The molecule has 2 aliphatic heterocycles. The molecule has 0 saturated heterocycles. The summed E-state index contributed by atoms with van der Waals surface area (Å²) in [5.74, 6) is -0.581. The fourth-order valence-electron chi connectivity index (χ4n) is 3.98. The molecule has 0 saturated carbocycles. The fraction of sp³-hybridized carbons (Fsp3) is 0.333. The van der Waals surface area contributed by atoms with Gasteiger partial charge in [0.05, 0.1) is 31.0 Å². The average molecular weight is 562 g/mol. The minimum absolute atomic E-state index is 0.0364. The molecule has 1 unspecified atom stereocenters. The molecule has 1 atom stereocenters. The van der Waals surface area contributed by atoms with Crippen molar-refractivity contribution < 1.29 is 32.4 Å². The number of carbonyl (C=O) groups excluding carboxylic acids is 3. The minimum atomic E-state index is -4.58. The van der Waals surface area contributed by atoms with E-state index >= 15 is 0 Å². The van der Waals surface area contributed by atoms with Crippen LogP contribution < -0.4 is 21.4 Å². The summed E-state index contributed by atoms with van der Waals surface area (Å²) in [5, 5.41) is 7.87. The Kier molecular flexibility index (Phi) is 8.18. The van der Waals surface area contributed by atoms with Crippen LogP contribution in [-0.4, -0.2) is 76.9 Å². The molecule has 13 nitrogen and oxygen atoms in total. The highest BCUT2D eigenvalue weighted by Crippen LogP contribution is 2.33. The highest BCUT2D eigenvalue weighted by molar-refractivity contribution is 5.98. The van der Waals surface area contributed by atoms with Crippen LogP contribution in [0.5, 0.6) is 0 Å². The molecule has 4 N–H and O–H groups in total. The number of aryl methyl sites for hydroxylation is 1. The van der Waals surface area contributed by atoms with Gasteiger partial charge in [0.25, 0.3) is 5.91 Å². The van der Waals surface area contributed by atoms with Gasteiger partial charge >= 0.3 is 6.18 Å². The van der Waals surface area contributed by atoms with Crippen LogP contribution in [0.25, 0.3) is 11.3 Å². The summed E-state index contributed by atoms with van der Waals surface area (Å²) in [6.45, 7) is 2.80. The summed E-state index contributed by atoms with van der Waals surface area (Å²) < 4.78 is 40.0. The number of amides is 3. The van der Waals surface area contributed by atoms with E-state index in [1.165, 1.54) is 48.2 Å². The Morgan fingerprint density at radius 1 is 1.32 bits per heavy atom. The van der Waals surface area contributed by atoms with Crippen LogP contribution in [0.15, 0.2) is 47.0 Å². The Balaban J connectivity index is 1.47. The summed E-state index contributed by atoms with van der Waals surface area (Å²) in [5.41, 5.74) is 1.94. The lowest BCUT2D eigenvalue weighted by Gasteiger charge is -2.24. The predicted octanol–water partition coefficient (Wildman–Crippen LogP) is 0.925. The Morgan fingerprint density at radius 2 is 2.10 bits per heavy atom. The fourth-order valence-corrected chi connectivity index (χ4v) is 3.98. The van der Waals surface area contributed by atoms with Gasteiger partial charge < -0.3 is 30.6 Å². The third kappa shape index (κ3) is 6.45. The normalized spacial score (nSPS) is 16.7. The number of aromatic nitrogens is 2. The molecular weight excluding hydrogens is 535 g/mol. The molecule has 16 heteroatoms. The zero-order valence-corrected chi connectivity index (χ0v) is 21.7. The summed E-state index contributed by atoms with van der Waals surface area (Å²) >= 11 is 0. The molecule has 0 fully saturated rings. The van der Waals surface area contributed by atoms with Crippen molar-refractivity contribution >= 4 is 29.9 Å². The molecule has 0 aliphatic carbocycles. The van der Waals surface area contributed by atoms with Gasteiger partial charge in [-0.1, -0.05) is 6.07 Å². The highest BCUT2D eigenvalue weighted by atomic mass is 19.4. The summed E-state index contributed by atoms with van der Waals surface area (Å²) in [6, 6.07) is 5.45. The molecule has 2 aromatic heterocycles. The number of aliphatic imine (C=N–C) groups is 1. The largest absolute Gasteiger partial charge is 0.418 e. The van der Waals surface area contributed by atoms with Crippen LogP contribution in [0.1, 0.15) is 18.2 Å². The van der Waals surface area contributed by atoms with Crippen molar-refractivity contribution in [1.82, 2.24) is 35.9 Å². The van der Waals surface area contributed by atoms with Crippen LogP contribution in [0.2, 0.25) is 0 Å². The first-order valence-corrected chi connectivity index (χ1v) is 11.9. The molecular formula is C24H26F3N9O4. The maximum absolute atomic E-state index is 13.3. The van der Waals surface area contributed by atoms with Gasteiger partial charge in [-0.2, -0.15) is 13.2 Å². The van der Waals surface area contributed by atoms with Gasteiger partial charge in [-0.05, 0) is 32.0 Å². The van der Waals surface area contributed by atoms with Gasteiger partial charge in [0, 0.05) is 24.5 Å². The zero-order valence-electron chi connectivity index (χ0n) is 21.7. The number of hydrogen-bond acceptors (Lipinski definition) is 10. The monoisotopic (exact) mass is 561 g/mol. The number of rotatable bonds is 9. The predicted molar refractivity (Wildman–Crippen MR) is 136 cm³/mol. The summed E-state index contributed by atoms with van der Waals surface area (Å²) in [4.78, 5) is 57.5. The van der Waals surface area contributed by atoms with Crippen molar-refractivity contribution in [1.29, 1.82) is 0 Å². The number of carbonyl (C=O) groups is 3. The smallest absolute Gasteiger partial charge is 0.389 e. The van der Waals surface area contributed by atoms with Crippen LogP contribution in [0, 0.1) is 6.92 Å². The lowest BCUT2D eigenvalue weighted by molar-refractivity contribution is -0.138. The van der Waals surface area contributed by atoms with E-state index in [0.717, 1.165) is 6.07 Å². The number of halogens is 3. The third-order valence-corrected chi connectivity index (χ3v) is 5.85. The standard InChI is InChI=1S/C24H26F3N9O4/c1-13-16(24(25,26)27)7-15(8-28-13)17-5-4-6-18(32-17)33-19(38)9-36-11-29-22(30-12-37)21(36)23(39)35(3)10-20-31-14(2)34-40-20/h4-8,12,14,29,34H,9-11H2,1-3H3,(H,30,37)(H,32,33,38). The number of hydrogen-bond donors (Lipinski definition) is 4. The van der Waals surface area contributed by atoms with Gasteiger partial charge in [-0.25, -0.2) is 9.98 Å². The number of nitrogens with zero attached hydrogens (tertiary/aromatic N) is 5. The second-order valence-corrected chi connectivity index (χ2v) is 8.91. The van der Waals surface area contributed by atoms with Crippen LogP contribution >= 0.6 is 0 Å². The molecule has 4 rings (SSSR count). The van der Waals surface area contributed by atoms with Crippen molar-refractivity contribution in [2.75, 3.05) is 32.1 Å². The first kappa shape index (κ1) is 28.3. The molecule has 0 spiro atoms. The van der Waals surface area contributed by atoms with E-state index < -0.39 is 23.6 Å². The maximum atomic E-state index is 13.3. The average Bonchev–Trinajstić information content (AvgIpc) is 3.48. The maximum Gasteiger partial charge on any atom is 0.418 e. The topological polar surface area (TPSA) is 153 Å². The molecule has 3 amide bonds. The first-order chi connectivity index (χ1) is 19.0. The molecule has 2 aromatic rings. The van der Waals surface area contributed by atoms with Crippen LogP contribution in [-0.2, 0) is 25.4 Å². The molecule has 4 heterocycles. The van der Waals surface area contributed by atoms with E-state index in [-0.39, 0.29) is 60.2 Å². The number of hydroxylamine groups is 1. The van der Waals surface area contributed by atoms with Gasteiger partial charge in [0.1, 0.15) is 23.5 Å². The molecule has 0 bridgehead atoms. The second-order valence-electron chi connectivity index (χ2n) is 8.91. The van der Waals surface area contributed by atoms with E-state index in [4.69, 9.17) is 4.84 Å². The third-order valence-electron chi connectivity index (χ3n) is 5.85. The Bertz CT molecular complexity index is 1380. The summed E-state index contributed by atoms with van der Waals surface area (Å²) in [6.07, 6.45) is -3.17. The minimum Gasteiger partial charge on any atom is -0.389 e. The number of anilines is 1. The Hall–Kier alpha value is -4.73. The molecule has 40 heavy (non-hydrogen) atoms. The Morgan fingerprint density at radius 3 is 2.77 bits per heavy atom.